The molecule has 0 saturated heterocycles. The highest BCUT2D eigenvalue weighted by Crippen LogP contribution is 2.24. The molecular formula is C63H118N6O24. The van der Waals surface area contributed by atoms with Gasteiger partial charge in [-0.15, -0.1) is 5.10 Å². The number of unbranched alkanes of at least 4 members (excludes halogenated alkanes) is 1. The molecule has 0 aliphatic heterocycles. The van der Waals surface area contributed by atoms with Crippen LogP contribution in [0.1, 0.15) is 119 Å². The van der Waals surface area contributed by atoms with Crippen LogP contribution < -0.4 is 16.4 Å². The fourth-order valence-corrected chi connectivity index (χ4v) is 7.62. The number of hydrogen-bond acceptors (Lipinski definition) is 27. The number of amides is 2. The van der Waals surface area contributed by atoms with Gasteiger partial charge < -0.3 is 102 Å². The second-order valence-corrected chi connectivity index (χ2v) is 23.7. The van der Waals surface area contributed by atoms with E-state index < -0.39 is 35.2 Å². The van der Waals surface area contributed by atoms with Crippen LogP contribution in [0.25, 0.3) is 0 Å². The van der Waals surface area contributed by atoms with Gasteiger partial charge in [-0.1, -0.05) is 26.0 Å². The minimum atomic E-state index is -1.03. The van der Waals surface area contributed by atoms with Gasteiger partial charge in [-0.05, 0) is 79.1 Å². The van der Waals surface area contributed by atoms with E-state index in [2.05, 4.69) is 20.9 Å². The number of carbonyl (C=O) groups is 4. The third kappa shape index (κ3) is 63.5. The quantitative estimate of drug-likeness (QED) is 0.0615. The van der Waals surface area contributed by atoms with Gasteiger partial charge in [0.25, 0.3) is 0 Å². The van der Waals surface area contributed by atoms with Crippen LogP contribution in [0.2, 0.25) is 0 Å². The van der Waals surface area contributed by atoms with Crippen LogP contribution >= 0.6 is 0 Å². The first kappa shape index (κ1) is 88.7. The number of urea groups is 1. The molecule has 1 rings (SSSR count). The van der Waals surface area contributed by atoms with E-state index in [4.69, 9.17) is 101 Å². The molecule has 30 nitrogen and oxygen atoms in total. The smallest absolute Gasteiger partial charge is 0.373 e. The molecule has 0 saturated carbocycles. The number of ether oxygens (including phenoxy) is 18. The second kappa shape index (κ2) is 61.3. The number of ketones is 1. The Balaban J connectivity index is 0.0000276. The Morgan fingerprint density at radius 1 is 0.452 bits per heavy atom. The normalized spacial score (nSPS) is 12.5. The molecular weight excluding hydrogens is 1220 g/mol. The van der Waals surface area contributed by atoms with E-state index in [9.17, 15) is 19.2 Å². The van der Waals surface area contributed by atoms with Crippen molar-refractivity contribution in [2.45, 2.75) is 150 Å². The summed E-state index contributed by atoms with van der Waals surface area (Å²) in [5, 5.41) is 14.2. The van der Waals surface area contributed by atoms with Crippen molar-refractivity contribution in [3.8, 4) is 0 Å². The topological polar surface area (TPSA) is 349 Å². The Morgan fingerprint density at radius 2 is 0.817 bits per heavy atom. The van der Waals surface area contributed by atoms with Crippen molar-refractivity contribution in [3.63, 3.8) is 0 Å². The molecule has 0 spiro atoms. The first-order chi connectivity index (χ1) is 44.7. The van der Waals surface area contributed by atoms with E-state index in [1.807, 2.05) is 27.0 Å². The Bertz CT molecular complexity index is 1950. The molecule has 4 N–H and O–H groups in total. The molecule has 30 heteroatoms. The number of Topliss-reactive ketones (excluding diaryl/α,β-unsaturated/α-hetero) is 1. The molecule has 0 fully saturated rings. The van der Waals surface area contributed by atoms with E-state index >= 15 is 0 Å². The number of nitrogens with two attached hydrogens (primary N) is 1. The predicted molar refractivity (Wildman–Crippen MR) is 338 cm³/mol. The number of nitrogens with zero attached hydrogens (tertiary/aromatic N) is 3. The molecule has 0 aliphatic carbocycles. The number of rotatable bonds is 64. The summed E-state index contributed by atoms with van der Waals surface area (Å²) in [6.45, 7) is 32.5. The number of esters is 2. The van der Waals surface area contributed by atoms with Gasteiger partial charge in [0, 0.05) is 45.0 Å². The van der Waals surface area contributed by atoms with Gasteiger partial charge >= 0.3 is 24.1 Å². The van der Waals surface area contributed by atoms with Crippen molar-refractivity contribution in [3.05, 3.63) is 11.9 Å². The van der Waals surface area contributed by atoms with E-state index in [1.54, 1.807) is 46.2 Å². The average molecular weight is 1340 g/mol. The van der Waals surface area contributed by atoms with E-state index in [0.717, 1.165) is 12.8 Å². The summed E-state index contributed by atoms with van der Waals surface area (Å²) in [6.07, 6.45) is 5.85. The van der Waals surface area contributed by atoms with Gasteiger partial charge in [-0.3, -0.25) is 14.3 Å². The zero-order valence-electron chi connectivity index (χ0n) is 57.6. The molecule has 1 aromatic rings. The first-order valence-corrected chi connectivity index (χ1v) is 32.6. The van der Waals surface area contributed by atoms with Crippen molar-refractivity contribution in [2.24, 2.45) is 11.1 Å². The number of aryl methyl sites for hydroxylation is 1. The van der Waals surface area contributed by atoms with Crippen LogP contribution in [-0.4, -0.2) is 280 Å². The van der Waals surface area contributed by atoms with Crippen molar-refractivity contribution in [2.75, 3.05) is 211 Å². The summed E-state index contributed by atoms with van der Waals surface area (Å²) in [5.74, 6) is -0.936. The van der Waals surface area contributed by atoms with E-state index in [-0.39, 0.29) is 36.2 Å². The largest absolute Gasteiger partial charge is 0.460 e. The fourth-order valence-electron chi connectivity index (χ4n) is 7.62. The summed E-state index contributed by atoms with van der Waals surface area (Å²) < 4.78 is 101. The zero-order valence-corrected chi connectivity index (χ0v) is 57.6. The Morgan fingerprint density at radius 3 is 1.19 bits per heavy atom. The summed E-state index contributed by atoms with van der Waals surface area (Å²) in [5.41, 5.74) is 4.35. The number of nitrogens with one attached hydrogen (secondary N) is 2. The summed E-state index contributed by atoms with van der Waals surface area (Å²) in [7, 11) is 0. The molecule has 93 heavy (non-hydrogen) atoms. The molecule has 2 atom stereocenters. The van der Waals surface area contributed by atoms with E-state index in [1.165, 1.54) is 0 Å². The second-order valence-electron chi connectivity index (χ2n) is 23.7. The van der Waals surface area contributed by atoms with Gasteiger partial charge in [0.15, 0.2) is 0 Å². The van der Waals surface area contributed by atoms with Crippen molar-refractivity contribution >= 4 is 29.9 Å². The predicted octanol–water partition coefficient (Wildman–Crippen LogP) is 3.87. The summed E-state index contributed by atoms with van der Waals surface area (Å²) in [4.78, 5) is 67.1. The van der Waals surface area contributed by atoms with Crippen molar-refractivity contribution < 1.29 is 114 Å². The maximum atomic E-state index is 13.3. The molecule has 544 valence electrons. The number of carbonyl (C=O) groups excluding carboxylic acids is 6. The van der Waals surface area contributed by atoms with Crippen LogP contribution in [0.5, 0.6) is 0 Å². The highest BCUT2D eigenvalue weighted by Gasteiger charge is 2.31. The highest BCUT2D eigenvalue weighted by atomic mass is 16.6. The van der Waals surface area contributed by atoms with Crippen LogP contribution in [0.15, 0.2) is 6.20 Å². The van der Waals surface area contributed by atoms with Gasteiger partial charge in [0.2, 0.25) is 0 Å². The van der Waals surface area contributed by atoms with Crippen LogP contribution in [-0.2, 0) is 122 Å². The van der Waals surface area contributed by atoms with Gasteiger partial charge in [-0.2, -0.15) is 9.59 Å². The molecule has 0 unspecified atom stereocenters. The molecule has 0 aliphatic rings. The SMILES string of the molecule is CC(C)(C)OC(=O)CC[C@H](NC(=O)N[C@@H](CCCCn1cc(COCCOCCOCCOCCOCCOCCOCCOCCCC(=O)CCOCCOCCOCCOCCOCCOCCOCCOCCN)nn1)C(C)(C)C)C(=O)OC(C)(C)C.O=C=O. The highest BCUT2D eigenvalue weighted by molar-refractivity contribution is 5.84. The Labute approximate surface area is 552 Å². The monoisotopic (exact) mass is 1340 g/mol. The minimum absolute atomic E-state index is 0.0395. The fraction of sp³-hybridized carbons (Fsp3) is 0.889. The molecule has 0 radical (unpaired) electrons. The first-order valence-electron chi connectivity index (χ1n) is 32.6. The third-order valence-electron chi connectivity index (χ3n) is 12.1. The molecule has 1 heterocycles. The Kier molecular flexibility index (Phi) is 58.5. The third-order valence-corrected chi connectivity index (χ3v) is 12.1. The molecule has 0 bridgehead atoms. The van der Waals surface area contributed by atoms with Crippen LogP contribution in [0.4, 0.5) is 4.79 Å². The van der Waals surface area contributed by atoms with Crippen LogP contribution in [0, 0.1) is 5.41 Å². The van der Waals surface area contributed by atoms with Gasteiger partial charge in [-0.25, -0.2) is 9.59 Å². The molecule has 0 aromatic carbocycles. The number of hydrogen-bond donors (Lipinski definition) is 3. The maximum Gasteiger partial charge on any atom is 0.373 e. The standard InChI is InChI=1S/C62H118N6O22.CO2/c1-60(2,3)56(65-59(72)64-55(58(71)90-62(7,8)9)15-16-57(70)89-61(4,5)6)14-10-11-19-68-51-53(66-67-68)52-88-50-49-87-48-47-86-46-45-85-44-43-82-38-35-79-32-29-76-26-23-73-20-12-13-54(69)17-21-74-24-27-77-30-33-80-36-39-83-41-42-84-40-37-81-34-31-78-28-25-75-22-18-63;2-1-3/h51,55-56H,10-50,52,63H2,1-9H3,(H2,64,65,72);/t55-,56-;/m0./s1. The lowest BCUT2D eigenvalue weighted by Gasteiger charge is -2.32. The number of aromatic nitrogens is 3. The van der Waals surface area contributed by atoms with Crippen molar-refractivity contribution in [1.29, 1.82) is 0 Å². The van der Waals surface area contributed by atoms with Crippen LogP contribution in [0.3, 0.4) is 0 Å². The van der Waals surface area contributed by atoms with Gasteiger partial charge in [0.1, 0.15) is 28.7 Å². The molecule has 2 amide bonds. The lowest BCUT2D eigenvalue weighted by Crippen LogP contribution is -2.53. The maximum absolute atomic E-state index is 13.3. The lowest BCUT2D eigenvalue weighted by atomic mass is 9.84. The Hall–Kier alpha value is -4.28. The van der Waals surface area contributed by atoms with Gasteiger partial charge in [0.05, 0.1) is 211 Å². The lowest BCUT2D eigenvalue weighted by molar-refractivity contribution is -0.192. The van der Waals surface area contributed by atoms with Crippen molar-refractivity contribution in [1.82, 2.24) is 25.6 Å². The zero-order chi connectivity index (χ0) is 68.8. The minimum Gasteiger partial charge on any atom is -0.460 e. The van der Waals surface area contributed by atoms with E-state index in [0.29, 0.717) is 256 Å². The average Bonchev–Trinajstić information content (AvgIpc) is 2.45. The molecule has 1 aromatic heterocycles. The summed E-state index contributed by atoms with van der Waals surface area (Å²) >= 11 is 0. The summed E-state index contributed by atoms with van der Waals surface area (Å²) in [6, 6.07) is -1.74.